The second-order valence-corrected chi connectivity index (χ2v) is 5.27. The number of halogens is 1. The van der Waals surface area contributed by atoms with Gasteiger partial charge in [0.1, 0.15) is 0 Å². The van der Waals surface area contributed by atoms with Crippen LogP contribution in [-0.2, 0) is 11.3 Å². The van der Waals surface area contributed by atoms with Crippen molar-refractivity contribution in [2.75, 3.05) is 7.11 Å². The fourth-order valence-electron chi connectivity index (χ4n) is 2.33. The molecule has 0 amide bonds. The van der Waals surface area contributed by atoms with Gasteiger partial charge in [0.15, 0.2) is 5.43 Å². The van der Waals surface area contributed by atoms with Crippen LogP contribution in [0.4, 0.5) is 0 Å². The molecule has 4 heteroatoms. The van der Waals surface area contributed by atoms with Gasteiger partial charge in [-0.1, -0.05) is 40.2 Å². The summed E-state index contributed by atoms with van der Waals surface area (Å²) in [6.07, 6.45) is 0. The quantitative estimate of drug-likeness (QED) is 0.734. The number of ether oxygens (including phenoxy) is 1. The number of aromatic amines is 1. The van der Waals surface area contributed by atoms with Gasteiger partial charge in [-0.15, -0.1) is 0 Å². The third kappa shape index (κ3) is 2.07. The van der Waals surface area contributed by atoms with Crippen molar-refractivity contribution in [2.45, 2.75) is 6.61 Å². The lowest BCUT2D eigenvalue weighted by molar-refractivity contribution is 0.181. The first-order valence-electron chi connectivity index (χ1n) is 5.93. The Morgan fingerprint density at radius 2 is 1.89 bits per heavy atom. The van der Waals surface area contributed by atoms with Gasteiger partial charge in [-0.2, -0.15) is 0 Å². The third-order valence-corrected chi connectivity index (χ3v) is 3.81. The van der Waals surface area contributed by atoms with Crippen LogP contribution in [0, 0.1) is 0 Å². The summed E-state index contributed by atoms with van der Waals surface area (Å²) in [5, 5.41) is 2.80. The van der Waals surface area contributed by atoms with Crippen LogP contribution in [0.2, 0.25) is 0 Å². The van der Waals surface area contributed by atoms with Gasteiger partial charge in [0.05, 0.1) is 12.1 Å². The monoisotopic (exact) mass is 317 g/mol. The van der Waals surface area contributed by atoms with E-state index in [0.717, 1.165) is 26.5 Å². The van der Waals surface area contributed by atoms with E-state index in [2.05, 4.69) is 20.9 Å². The Balaban J connectivity index is 2.48. The lowest BCUT2D eigenvalue weighted by Gasteiger charge is -2.08. The topological polar surface area (TPSA) is 42.1 Å². The SMILES string of the molecule is COCc1cc(=O)c2cc(Br)c3ccccc3c2[nH]1. The van der Waals surface area contributed by atoms with E-state index in [1.54, 1.807) is 13.2 Å². The summed E-state index contributed by atoms with van der Waals surface area (Å²) in [4.78, 5) is 15.5. The van der Waals surface area contributed by atoms with E-state index < -0.39 is 0 Å². The Hall–Kier alpha value is -1.65. The highest BCUT2D eigenvalue weighted by atomic mass is 79.9. The zero-order valence-corrected chi connectivity index (χ0v) is 12.0. The molecule has 0 bridgehead atoms. The lowest BCUT2D eigenvalue weighted by atomic mass is 10.1. The molecular formula is C15H12BrNO2. The molecule has 0 aliphatic carbocycles. The molecule has 3 rings (SSSR count). The molecule has 2 aromatic carbocycles. The van der Waals surface area contributed by atoms with Crippen LogP contribution in [0.3, 0.4) is 0 Å². The summed E-state index contributed by atoms with van der Waals surface area (Å²) in [5.41, 5.74) is 1.65. The number of pyridine rings is 1. The molecule has 0 aliphatic rings. The number of methoxy groups -OCH3 is 1. The maximum Gasteiger partial charge on any atom is 0.189 e. The first-order chi connectivity index (χ1) is 9.20. The zero-order chi connectivity index (χ0) is 13.4. The Morgan fingerprint density at radius 3 is 2.63 bits per heavy atom. The van der Waals surface area contributed by atoms with Crippen molar-refractivity contribution < 1.29 is 4.74 Å². The predicted octanol–water partition coefficient (Wildman–Crippen LogP) is 3.59. The minimum atomic E-state index is 0.00672. The van der Waals surface area contributed by atoms with Crippen molar-refractivity contribution in [3.8, 4) is 0 Å². The summed E-state index contributed by atoms with van der Waals surface area (Å²) < 4.78 is 6.02. The molecule has 0 spiro atoms. The van der Waals surface area contributed by atoms with Crippen LogP contribution < -0.4 is 5.43 Å². The molecular weight excluding hydrogens is 306 g/mol. The van der Waals surface area contributed by atoms with E-state index in [0.29, 0.717) is 12.0 Å². The van der Waals surface area contributed by atoms with Crippen molar-refractivity contribution in [2.24, 2.45) is 0 Å². The summed E-state index contributed by atoms with van der Waals surface area (Å²) in [5.74, 6) is 0. The molecule has 0 atom stereocenters. The van der Waals surface area contributed by atoms with Crippen molar-refractivity contribution in [1.29, 1.82) is 0 Å². The number of benzene rings is 2. The normalized spacial score (nSPS) is 11.3. The van der Waals surface area contributed by atoms with Gasteiger partial charge < -0.3 is 9.72 Å². The first-order valence-corrected chi connectivity index (χ1v) is 6.72. The number of hydrogen-bond donors (Lipinski definition) is 1. The molecule has 0 aliphatic heterocycles. The fraction of sp³-hybridized carbons (Fsp3) is 0.133. The van der Waals surface area contributed by atoms with Crippen LogP contribution >= 0.6 is 15.9 Å². The largest absolute Gasteiger partial charge is 0.378 e. The highest BCUT2D eigenvalue weighted by Crippen LogP contribution is 2.29. The van der Waals surface area contributed by atoms with Crippen molar-refractivity contribution in [3.63, 3.8) is 0 Å². The number of H-pyrrole nitrogens is 1. The Bertz CT molecular complexity index is 823. The molecule has 0 unspecified atom stereocenters. The predicted molar refractivity (Wildman–Crippen MR) is 80.5 cm³/mol. The number of hydrogen-bond acceptors (Lipinski definition) is 2. The van der Waals surface area contributed by atoms with Crippen molar-refractivity contribution in [1.82, 2.24) is 4.98 Å². The highest BCUT2D eigenvalue weighted by molar-refractivity contribution is 9.10. The van der Waals surface area contributed by atoms with Crippen LogP contribution in [0.25, 0.3) is 21.7 Å². The minimum absolute atomic E-state index is 0.00672. The summed E-state index contributed by atoms with van der Waals surface area (Å²) in [6, 6.07) is 11.4. The molecule has 1 aromatic heterocycles. The number of fused-ring (bicyclic) bond motifs is 3. The summed E-state index contributed by atoms with van der Waals surface area (Å²) >= 11 is 3.52. The van der Waals surface area contributed by atoms with Crippen LogP contribution in [-0.4, -0.2) is 12.1 Å². The summed E-state index contributed by atoms with van der Waals surface area (Å²) in [6.45, 7) is 0.398. The molecule has 1 heterocycles. The average Bonchev–Trinajstić information content (AvgIpc) is 2.41. The van der Waals surface area contributed by atoms with E-state index in [1.807, 2.05) is 30.3 Å². The molecule has 0 radical (unpaired) electrons. The molecule has 0 fully saturated rings. The van der Waals surface area contributed by atoms with Crippen LogP contribution in [0.5, 0.6) is 0 Å². The molecule has 0 saturated heterocycles. The molecule has 1 N–H and O–H groups in total. The van der Waals surface area contributed by atoms with Gasteiger partial charge in [-0.3, -0.25) is 4.79 Å². The van der Waals surface area contributed by atoms with Gasteiger partial charge in [-0.25, -0.2) is 0 Å². The van der Waals surface area contributed by atoms with Gasteiger partial charge in [0, 0.05) is 34.1 Å². The fourth-order valence-corrected chi connectivity index (χ4v) is 2.90. The lowest BCUT2D eigenvalue weighted by Crippen LogP contribution is -2.06. The Morgan fingerprint density at radius 1 is 1.16 bits per heavy atom. The minimum Gasteiger partial charge on any atom is -0.378 e. The number of rotatable bonds is 2. The third-order valence-electron chi connectivity index (χ3n) is 3.15. The molecule has 3 aromatic rings. The molecule has 3 nitrogen and oxygen atoms in total. The van der Waals surface area contributed by atoms with Gasteiger partial charge in [0.25, 0.3) is 0 Å². The van der Waals surface area contributed by atoms with Crippen LogP contribution in [0.15, 0.2) is 45.7 Å². The standard InChI is InChI=1S/C15H12BrNO2/c1-19-8-9-6-14(18)12-7-13(16)10-4-2-3-5-11(10)15(12)17-9/h2-7H,8H2,1H3,(H,17,18). The van der Waals surface area contributed by atoms with Gasteiger partial charge in [0.2, 0.25) is 0 Å². The van der Waals surface area contributed by atoms with Crippen molar-refractivity contribution in [3.05, 3.63) is 56.8 Å². The molecule has 0 saturated carbocycles. The van der Waals surface area contributed by atoms with E-state index >= 15 is 0 Å². The second kappa shape index (κ2) is 4.79. The molecule has 96 valence electrons. The van der Waals surface area contributed by atoms with E-state index in [1.165, 1.54) is 0 Å². The van der Waals surface area contributed by atoms with Crippen molar-refractivity contribution >= 4 is 37.6 Å². The zero-order valence-electron chi connectivity index (χ0n) is 10.4. The number of aromatic nitrogens is 1. The Labute approximate surface area is 118 Å². The maximum absolute atomic E-state index is 12.2. The molecule has 19 heavy (non-hydrogen) atoms. The number of nitrogens with one attached hydrogen (secondary N) is 1. The van der Waals surface area contributed by atoms with Gasteiger partial charge in [-0.05, 0) is 11.5 Å². The summed E-state index contributed by atoms with van der Waals surface area (Å²) in [7, 11) is 1.61. The second-order valence-electron chi connectivity index (χ2n) is 4.42. The smallest absolute Gasteiger partial charge is 0.189 e. The van der Waals surface area contributed by atoms with Crippen LogP contribution in [0.1, 0.15) is 5.69 Å². The average molecular weight is 318 g/mol. The first kappa shape index (κ1) is 12.4. The maximum atomic E-state index is 12.2. The Kier molecular flexibility index (Phi) is 3.12. The highest BCUT2D eigenvalue weighted by Gasteiger charge is 2.08. The van der Waals surface area contributed by atoms with Gasteiger partial charge >= 0.3 is 0 Å². The van der Waals surface area contributed by atoms with E-state index in [9.17, 15) is 4.79 Å². The van der Waals surface area contributed by atoms with E-state index in [4.69, 9.17) is 4.74 Å². The van der Waals surface area contributed by atoms with E-state index in [-0.39, 0.29) is 5.43 Å².